The van der Waals surface area contributed by atoms with E-state index in [1.54, 1.807) is 49.8 Å². The van der Waals surface area contributed by atoms with Crippen LogP contribution in [0.5, 0.6) is 0 Å². The van der Waals surface area contributed by atoms with Gasteiger partial charge in [0.2, 0.25) is 5.78 Å². The molecule has 0 amide bonds. The van der Waals surface area contributed by atoms with Gasteiger partial charge in [-0.05, 0) is 37.3 Å². The first-order chi connectivity index (χ1) is 13.7. The molecule has 28 heavy (non-hydrogen) atoms. The van der Waals surface area contributed by atoms with Gasteiger partial charge in [0.25, 0.3) is 0 Å². The van der Waals surface area contributed by atoms with Gasteiger partial charge in [-0.15, -0.1) is 0 Å². The molecular formula is C21H17N3O4. The third kappa shape index (κ3) is 3.14. The Morgan fingerprint density at radius 3 is 3.07 bits per heavy atom. The summed E-state index contributed by atoms with van der Waals surface area (Å²) in [6, 6.07) is 3.69. The van der Waals surface area contributed by atoms with Gasteiger partial charge in [0, 0.05) is 29.5 Å². The lowest BCUT2D eigenvalue weighted by molar-refractivity contribution is -0.139. The maximum atomic E-state index is 13.0. The van der Waals surface area contributed by atoms with E-state index in [-0.39, 0.29) is 23.7 Å². The van der Waals surface area contributed by atoms with Crippen LogP contribution >= 0.6 is 0 Å². The topological polar surface area (TPSA) is 93.3 Å². The van der Waals surface area contributed by atoms with Crippen LogP contribution in [0.2, 0.25) is 0 Å². The van der Waals surface area contributed by atoms with Crippen molar-refractivity contribution in [3.05, 3.63) is 83.4 Å². The standard InChI is InChI=1S/C21H17N3O4/c1-2-27-21(26)17-18(25)16(28-19(17)15-8-4-3-5-9-22-15)11-13-12-24-20-14(13)7-6-10-23-20/h3-12,22H,2H2,1H3,(H,23,24)/b16-11-. The molecule has 2 aliphatic rings. The Labute approximate surface area is 160 Å². The lowest BCUT2D eigenvalue weighted by Gasteiger charge is -2.09. The molecule has 0 spiro atoms. The molecule has 0 saturated heterocycles. The molecule has 4 heterocycles. The number of aromatic amines is 1. The molecule has 0 atom stereocenters. The lowest BCUT2D eigenvalue weighted by Crippen LogP contribution is -2.16. The molecule has 4 rings (SSSR count). The van der Waals surface area contributed by atoms with Crippen molar-refractivity contribution < 1.29 is 19.1 Å². The van der Waals surface area contributed by atoms with E-state index in [1.807, 2.05) is 18.2 Å². The Morgan fingerprint density at radius 2 is 2.21 bits per heavy atom. The van der Waals surface area contributed by atoms with Crippen molar-refractivity contribution in [3.63, 3.8) is 0 Å². The molecule has 2 aromatic rings. The maximum absolute atomic E-state index is 13.0. The zero-order chi connectivity index (χ0) is 19.5. The molecular weight excluding hydrogens is 358 g/mol. The second-order valence-corrected chi connectivity index (χ2v) is 5.98. The fourth-order valence-electron chi connectivity index (χ4n) is 2.94. The third-order valence-electron chi connectivity index (χ3n) is 4.20. The average molecular weight is 375 g/mol. The van der Waals surface area contributed by atoms with Crippen LogP contribution in [0.4, 0.5) is 0 Å². The number of aromatic nitrogens is 2. The zero-order valence-corrected chi connectivity index (χ0v) is 15.1. The minimum absolute atomic E-state index is 0.0442. The highest BCUT2D eigenvalue weighted by Crippen LogP contribution is 2.32. The van der Waals surface area contributed by atoms with Gasteiger partial charge >= 0.3 is 5.97 Å². The van der Waals surface area contributed by atoms with Crippen molar-refractivity contribution in [3.8, 4) is 0 Å². The van der Waals surface area contributed by atoms with Crippen LogP contribution in [0.3, 0.4) is 0 Å². The molecule has 2 aliphatic heterocycles. The summed E-state index contributed by atoms with van der Waals surface area (Å²) in [5.41, 5.74) is 1.79. The number of fused-ring (bicyclic) bond motifs is 1. The van der Waals surface area contributed by atoms with Crippen LogP contribution in [-0.4, -0.2) is 28.3 Å². The highest BCUT2D eigenvalue weighted by Gasteiger charge is 2.38. The molecule has 0 aliphatic carbocycles. The van der Waals surface area contributed by atoms with E-state index in [9.17, 15) is 9.59 Å². The summed E-state index contributed by atoms with van der Waals surface area (Å²) in [7, 11) is 0. The van der Waals surface area contributed by atoms with E-state index in [4.69, 9.17) is 9.47 Å². The third-order valence-corrected chi connectivity index (χ3v) is 4.20. The van der Waals surface area contributed by atoms with E-state index in [0.29, 0.717) is 11.3 Å². The second kappa shape index (κ2) is 7.40. The summed E-state index contributed by atoms with van der Waals surface area (Å²) >= 11 is 0. The van der Waals surface area contributed by atoms with Crippen molar-refractivity contribution in [2.75, 3.05) is 6.61 Å². The number of hydrogen-bond acceptors (Lipinski definition) is 6. The summed E-state index contributed by atoms with van der Waals surface area (Å²) in [5.74, 6) is -1.05. The van der Waals surface area contributed by atoms with Crippen molar-refractivity contribution >= 4 is 28.9 Å². The van der Waals surface area contributed by atoms with E-state index < -0.39 is 11.8 Å². The molecule has 0 saturated carbocycles. The smallest absolute Gasteiger partial charge is 0.346 e. The van der Waals surface area contributed by atoms with Gasteiger partial charge in [0.15, 0.2) is 17.1 Å². The quantitative estimate of drug-likeness (QED) is 0.485. The van der Waals surface area contributed by atoms with Crippen molar-refractivity contribution in [1.82, 2.24) is 15.3 Å². The van der Waals surface area contributed by atoms with E-state index >= 15 is 0 Å². The van der Waals surface area contributed by atoms with Crippen molar-refractivity contribution in [2.24, 2.45) is 0 Å². The Bertz CT molecular complexity index is 1120. The van der Waals surface area contributed by atoms with E-state index in [0.717, 1.165) is 10.9 Å². The Morgan fingerprint density at radius 1 is 1.32 bits per heavy atom. The summed E-state index contributed by atoms with van der Waals surface area (Å²) < 4.78 is 10.9. The number of allylic oxidation sites excluding steroid dienone is 5. The first-order valence-electron chi connectivity index (χ1n) is 8.77. The molecule has 2 N–H and O–H groups in total. The maximum Gasteiger partial charge on any atom is 0.346 e. The van der Waals surface area contributed by atoms with E-state index in [2.05, 4.69) is 15.3 Å². The molecule has 7 nitrogen and oxygen atoms in total. The lowest BCUT2D eigenvalue weighted by atomic mass is 10.1. The molecule has 0 aromatic carbocycles. The Kier molecular flexibility index (Phi) is 4.63. The van der Waals surface area contributed by atoms with Gasteiger partial charge < -0.3 is 19.8 Å². The number of nitrogens with zero attached hydrogens (tertiary/aromatic N) is 1. The monoisotopic (exact) mass is 375 g/mol. The summed E-state index contributed by atoms with van der Waals surface area (Å²) in [6.45, 7) is 1.84. The van der Waals surface area contributed by atoms with Gasteiger partial charge in [-0.3, -0.25) is 4.79 Å². The van der Waals surface area contributed by atoms with Crippen LogP contribution in [-0.2, 0) is 19.1 Å². The van der Waals surface area contributed by atoms with Crippen LogP contribution < -0.4 is 5.32 Å². The van der Waals surface area contributed by atoms with Gasteiger partial charge in [0.05, 0.1) is 12.3 Å². The van der Waals surface area contributed by atoms with Crippen LogP contribution in [0, 0.1) is 0 Å². The zero-order valence-electron chi connectivity index (χ0n) is 15.1. The number of rotatable bonds is 4. The SMILES string of the molecule is CCOC(=O)C1=C(C2=CC=CC=CN2)O/C(=C\c2c[nH]c3ncccc23)C1=O. The first-order valence-corrected chi connectivity index (χ1v) is 8.77. The predicted molar refractivity (Wildman–Crippen MR) is 103 cm³/mol. The van der Waals surface area contributed by atoms with Crippen LogP contribution in [0.25, 0.3) is 17.1 Å². The van der Waals surface area contributed by atoms with Crippen molar-refractivity contribution in [1.29, 1.82) is 0 Å². The minimum Gasteiger partial charge on any atom is -0.462 e. The number of hydrogen-bond donors (Lipinski definition) is 2. The molecule has 140 valence electrons. The molecule has 2 aromatic heterocycles. The predicted octanol–water partition coefficient (Wildman–Crippen LogP) is 2.88. The largest absolute Gasteiger partial charge is 0.462 e. The van der Waals surface area contributed by atoms with Gasteiger partial charge in [-0.2, -0.15) is 0 Å². The van der Waals surface area contributed by atoms with Gasteiger partial charge in [-0.1, -0.05) is 12.2 Å². The fraction of sp³-hybridized carbons (Fsp3) is 0.0952. The summed E-state index contributed by atoms with van der Waals surface area (Å²) in [6.07, 6.45) is 13.8. The highest BCUT2D eigenvalue weighted by molar-refractivity contribution is 6.27. The number of esters is 1. The fourth-order valence-corrected chi connectivity index (χ4v) is 2.94. The highest BCUT2D eigenvalue weighted by atomic mass is 16.5. The van der Waals surface area contributed by atoms with E-state index in [1.165, 1.54) is 0 Å². The van der Waals surface area contributed by atoms with Gasteiger partial charge in [0.1, 0.15) is 5.65 Å². The number of ether oxygens (including phenoxy) is 2. The number of Topliss-reactive ketones (excluding diaryl/α,β-unsaturated/α-hetero) is 1. The van der Waals surface area contributed by atoms with Crippen LogP contribution in [0.1, 0.15) is 12.5 Å². The molecule has 0 unspecified atom stereocenters. The molecule has 0 radical (unpaired) electrons. The number of H-pyrrole nitrogens is 1. The summed E-state index contributed by atoms with van der Waals surface area (Å²) in [5, 5.41) is 3.85. The summed E-state index contributed by atoms with van der Waals surface area (Å²) in [4.78, 5) is 32.7. The molecule has 0 bridgehead atoms. The number of ketones is 1. The molecule has 7 heteroatoms. The van der Waals surface area contributed by atoms with Crippen LogP contribution in [0.15, 0.2) is 77.8 Å². The Balaban J connectivity index is 1.76. The number of carbonyl (C=O) groups excluding carboxylic acids is 2. The minimum atomic E-state index is -0.716. The first kappa shape index (κ1) is 17.5. The van der Waals surface area contributed by atoms with Gasteiger partial charge in [-0.25, -0.2) is 9.78 Å². The Hall–Kier alpha value is -3.87. The second-order valence-electron chi connectivity index (χ2n) is 5.98. The number of pyridine rings is 1. The number of carbonyl (C=O) groups is 2. The normalized spacial score (nSPS) is 17.5. The number of nitrogens with one attached hydrogen (secondary N) is 2. The van der Waals surface area contributed by atoms with Crippen molar-refractivity contribution in [2.45, 2.75) is 6.92 Å². The molecule has 0 fully saturated rings. The average Bonchev–Trinajstić information content (AvgIpc) is 3.12.